The maximum Gasteiger partial charge on any atom is 0.337 e. The molecule has 6 nitrogen and oxygen atoms in total. The lowest BCUT2D eigenvalue weighted by atomic mass is 10.1. The molecule has 0 aliphatic rings. The highest BCUT2D eigenvalue weighted by Gasteiger charge is 2.16. The van der Waals surface area contributed by atoms with Crippen LogP contribution in [-0.2, 0) is 16.1 Å². The second-order valence-corrected chi connectivity index (χ2v) is 3.36. The van der Waals surface area contributed by atoms with E-state index >= 15 is 0 Å². The van der Waals surface area contributed by atoms with Gasteiger partial charge in [-0.2, -0.15) is 0 Å². The van der Waals surface area contributed by atoms with Crippen LogP contribution in [-0.4, -0.2) is 33.7 Å². The number of nitrogens with one attached hydrogen (secondary N) is 1. The SMILES string of the molecule is CC.COC(=O)c1cc(CNC=O)c(OC)c(OC)c1. The zero-order valence-electron chi connectivity index (χ0n) is 12.5. The lowest BCUT2D eigenvalue weighted by Gasteiger charge is -2.14. The fourth-order valence-electron chi connectivity index (χ4n) is 1.56. The first-order valence-corrected chi connectivity index (χ1v) is 6.18. The van der Waals surface area contributed by atoms with E-state index in [2.05, 4.69) is 10.1 Å². The van der Waals surface area contributed by atoms with E-state index in [1.165, 1.54) is 27.4 Å². The maximum atomic E-state index is 11.5. The Kier molecular flexibility index (Phi) is 8.58. The molecule has 0 saturated carbocycles. The third kappa shape index (κ3) is 4.46. The van der Waals surface area contributed by atoms with E-state index in [-0.39, 0.29) is 6.54 Å². The van der Waals surface area contributed by atoms with Gasteiger partial charge in [0.1, 0.15) is 0 Å². The van der Waals surface area contributed by atoms with Crippen molar-refractivity contribution in [3.05, 3.63) is 23.3 Å². The Hall–Kier alpha value is -2.24. The summed E-state index contributed by atoms with van der Waals surface area (Å²) in [5.74, 6) is 0.394. The molecule has 0 unspecified atom stereocenters. The molecule has 0 aliphatic carbocycles. The van der Waals surface area contributed by atoms with Crippen LogP contribution >= 0.6 is 0 Å². The number of methoxy groups -OCH3 is 3. The van der Waals surface area contributed by atoms with Crippen LogP contribution < -0.4 is 14.8 Å². The quantitative estimate of drug-likeness (QED) is 0.636. The van der Waals surface area contributed by atoms with Crippen molar-refractivity contribution in [3.63, 3.8) is 0 Å². The van der Waals surface area contributed by atoms with E-state index in [4.69, 9.17) is 9.47 Å². The predicted molar refractivity (Wildman–Crippen MR) is 75.1 cm³/mol. The number of carbonyl (C=O) groups is 2. The minimum Gasteiger partial charge on any atom is -0.493 e. The second-order valence-electron chi connectivity index (χ2n) is 3.36. The predicted octanol–water partition coefficient (Wildman–Crippen LogP) is 1.76. The summed E-state index contributed by atoms with van der Waals surface area (Å²) in [5, 5.41) is 2.51. The van der Waals surface area contributed by atoms with Crippen LogP contribution in [0.4, 0.5) is 0 Å². The Balaban J connectivity index is 0.00000172. The van der Waals surface area contributed by atoms with E-state index in [9.17, 15) is 9.59 Å². The van der Waals surface area contributed by atoms with Crippen molar-refractivity contribution in [2.24, 2.45) is 0 Å². The number of benzene rings is 1. The van der Waals surface area contributed by atoms with Crippen molar-refractivity contribution in [1.29, 1.82) is 0 Å². The Morgan fingerprint density at radius 2 is 1.85 bits per heavy atom. The lowest BCUT2D eigenvalue weighted by molar-refractivity contribution is -0.109. The summed E-state index contributed by atoms with van der Waals surface area (Å²) in [6, 6.07) is 3.11. The van der Waals surface area contributed by atoms with Crippen molar-refractivity contribution in [2.75, 3.05) is 21.3 Å². The molecule has 0 spiro atoms. The second kappa shape index (κ2) is 9.66. The smallest absolute Gasteiger partial charge is 0.337 e. The van der Waals surface area contributed by atoms with Gasteiger partial charge in [0.05, 0.1) is 26.9 Å². The lowest BCUT2D eigenvalue weighted by Crippen LogP contribution is -2.13. The molecule has 1 aromatic carbocycles. The summed E-state index contributed by atoms with van der Waals surface area (Å²) in [7, 11) is 4.25. The molecular formula is C14H21NO5. The van der Waals surface area contributed by atoms with Gasteiger partial charge in [-0.05, 0) is 12.1 Å². The highest BCUT2D eigenvalue weighted by atomic mass is 16.5. The van der Waals surface area contributed by atoms with Gasteiger partial charge in [-0.15, -0.1) is 0 Å². The van der Waals surface area contributed by atoms with Gasteiger partial charge in [-0.25, -0.2) is 4.79 Å². The van der Waals surface area contributed by atoms with Gasteiger partial charge >= 0.3 is 5.97 Å². The average Bonchev–Trinajstić information content (AvgIpc) is 2.52. The summed E-state index contributed by atoms with van der Waals surface area (Å²) in [6.45, 7) is 4.23. The molecule has 0 heterocycles. The third-order valence-corrected chi connectivity index (χ3v) is 2.35. The molecular weight excluding hydrogens is 262 g/mol. The summed E-state index contributed by atoms with van der Waals surface area (Å²) < 4.78 is 15.0. The van der Waals surface area contributed by atoms with E-state index in [1.54, 1.807) is 6.07 Å². The highest BCUT2D eigenvalue weighted by Crippen LogP contribution is 2.32. The number of hydrogen-bond donors (Lipinski definition) is 1. The summed E-state index contributed by atoms with van der Waals surface area (Å²) in [4.78, 5) is 21.8. The first-order chi connectivity index (χ1) is 9.67. The van der Waals surface area contributed by atoms with Crippen molar-refractivity contribution in [2.45, 2.75) is 20.4 Å². The molecule has 20 heavy (non-hydrogen) atoms. The molecule has 1 rings (SSSR count). The summed E-state index contributed by atoms with van der Waals surface area (Å²) in [6.07, 6.45) is 0.566. The molecule has 0 saturated heterocycles. The summed E-state index contributed by atoms with van der Waals surface area (Å²) in [5.41, 5.74) is 0.960. The molecule has 1 N–H and O–H groups in total. The van der Waals surface area contributed by atoms with E-state index in [1.807, 2.05) is 13.8 Å². The Bertz CT molecular complexity index is 445. The molecule has 6 heteroatoms. The van der Waals surface area contributed by atoms with Crippen LogP contribution in [0.2, 0.25) is 0 Å². The zero-order valence-corrected chi connectivity index (χ0v) is 12.5. The van der Waals surface area contributed by atoms with Gasteiger partial charge in [0.2, 0.25) is 6.41 Å². The van der Waals surface area contributed by atoms with Gasteiger partial charge in [0, 0.05) is 12.1 Å². The van der Waals surface area contributed by atoms with E-state index < -0.39 is 5.97 Å². The normalized spacial score (nSPS) is 8.85. The molecule has 112 valence electrons. The Labute approximate surface area is 119 Å². The Morgan fingerprint density at radius 1 is 1.20 bits per heavy atom. The van der Waals surface area contributed by atoms with Crippen molar-refractivity contribution in [3.8, 4) is 11.5 Å². The molecule has 0 aromatic heterocycles. The molecule has 1 amide bonds. The Morgan fingerprint density at radius 3 is 2.30 bits per heavy atom. The fourth-order valence-corrected chi connectivity index (χ4v) is 1.56. The van der Waals surface area contributed by atoms with Gasteiger partial charge in [0.15, 0.2) is 11.5 Å². The number of ether oxygens (including phenoxy) is 3. The molecule has 0 atom stereocenters. The molecule has 0 aliphatic heterocycles. The standard InChI is InChI=1S/C12H15NO5.C2H6/c1-16-10-5-8(12(15)18-3)4-9(6-13-7-14)11(10)17-2;1-2/h4-5,7H,6H2,1-3H3,(H,13,14);1-2H3. The average molecular weight is 283 g/mol. The number of hydrogen-bond acceptors (Lipinski definition) is 5. The largest absolute Gasteiger partial charge is 0.493 e. The highest BCUT2D eigenvalue weighted by molar-refractivity contribution is 5.90. The summed E-state index contributed by atoms with van der Waals surface area (Å²) >= 11 is 0. The van der Waals surface area contributed by atoms with Crippen LogP contribution in [0.5, 0.6) is 11.5 Å². The number of esters is 1. The molecule has 0 radical (unpaired) electrons. The van der Waals surface area contributed by atoms with Gasteiger partial charge in [0.25, 0.3) is 0 Å². The van der Waals surface area contributed by atoms with Crippen molar-refractivity contribution < 1.29 is 23.8 Å². The van der Waals surface area contributed by atoms with E-state index in [0.717, 1.165) is 0 Å². The molecule has 0 bridgehead atoms. The van der Waals surface area contributed by atoms with E-state index in [0.29, 0.717) is 29.0 Å². The van der Waals surface area contributed by atoms with Crippen LogP contribution in [0.1, 0.15) is 29.8 Å². The van der Waals surface area contributed by atoms with Gasteiger partial charge in [-0.3, -0.25) is 4.79 Å². The van der Waals surface area contributed by atoms with Crippen LogP contribution in [0, 0.1) is 0 Å². The third-order valence-electron chi connectivity index (χ3n) is 2.35. The first kappa shape index (κ1) is 17.8. The van der Waals surface area contributed by atoms with Crippen molar-refractivity contribution in [1.82, 2.24) is 5.32 Å². The molecule has 1 aromatic rings. The fraction of sp³-hybridized carbons (Fsp3) is 0.429. The van der Waals surface area contributed by atoms with Crippen LogP contribution in [0.3, 0.4) is 0 Å². The minimum absolute atomic E-state index is 0.230. The number of amides is 1. The zero-order chi connectivity index (χ0) is 15.5. The minimum atomic E-state index is -0.483. The van der Waals surface area contributed by atoms with Gasteiger partial charge in [-0.1, -0.05) is 13.8 Å². The maximum absolute atomic E-state index is 11.5. The number of carbonyl (C=O) groups excluding carboxylic acids is 2. The molecule has 0 fully saturated rings. The first-order valence-electron chi connectivity index (χ1n) is 6.18. The number of rotatable bonds is 6. The van der Waals surface area contributed by atoms with Crippen LogP contribution in [0.15, 0.2) is 12.1 Å². The topological polar surface area (TPSA) is 73.9 Å². The van der Waals surface area contributed by atoms with Crippen LogP contribution in [0.25, 0.3) is 0 Å². The van der Waals surface area contributed by atoms with Crippen molar-refractivity contribution >= 4 is 12.4 Å². The van der Waals surface area contributed by atoms with Gasteiger partial charge < -0.3 is 19.5 Å². The monoisotopic (exact) mass is 283 g/mol.